The average molecular weight is 371 g/mol. The van der Waals surface area contributed by atoms with E-state index in [0.29, 0.717) is 23.9 Å². The van der Waals surface area contributed by atoms with Gasteiger partial charge in [0.15, 0.2) is 9.84 Å². The van der Waals surface area contributed by atoms with Crippen molar-refractivity contribution >= 4 is 27.5 Å². The van der Waals surface area contributed by atoms with Gasteiger partial charge in [0.1, 0.15) is 12.3 Å². The molecule has 0 bridgehead atoms. The monoisotopic (exact) mass is 371 g/mol. The Labute approximate surface area is 143 Å². The van der Waals surface area contributed by atoms with Gasteiger partial charge in [0, 0.05) is 0 Å². The maximum Gasteiger partial charge on any atom is 0.230 e. The first kappa shape index (κ1) is 17.0. The van der Waals surface area contributed by atoms with E-state index in [1.807, 2.05) is 6.07 Å². The van der Waals surface area contributed by atoms with E-state index in [1.165, 1.54) is 11.8 Å². The summed E-state index contributed by atoms with van der Waals surface area (Å²) in [5, 5.41) is 14.7. The molecular formula is C13H17N5O4S2. The van der Waals surface area contributed by atoms with Gasteiger partial charge in [-0.25, -0.2) is 13.1 Å². The molecule has 1 fully saturated rings. The number of rotatable bonds is 6. The number of aromatic nitrogens is 4. The van der Waals surface area contributed by atoms with E-state index < -0.39 is 15.4 Å². The molecule has 1 aliphatic heterocycles. The van der Waals surface area contributed by atoms with E-state index in [2.05, 4.69) is 20.8 Å². The Bertz CT molecular complexity index is 817. The van der Waals surface area contributed by atoms with Crippen molar-refractivity contribution in [3.63, 3.8) is 0 Å². The maximum absolute atomic E-state index is 12.1. The Balaban J connectivity index is 1.55. The Kier molecular flexibility index (Phi) is 4.63. The number of hydrogen-bond donors (Lipinski definition) is 1. The zero-order chi connectivity index (χ0) is 17.2. The van der Waals surface area contributed by atoms with Gasteiger partial charge >= 0.3 is 0 Å². The van der Waals surface area contributed by atoms with Crippen molar-refractivity contribution in [2.75, 3.05) is 17.3 Å². The van der Waals surface area contributed by atoms with Crippen molar-refractivity contribution in [1.29, 1.82) is 0 Å². The molecule has 1 atom stereocenters. The molecule has 24 heavy (non-hydrogen) atoms. The molecule has 1 N–H and O–H groups in total. The van der Waals surface area contributed by atoms with E-state index in [4.69, 9.17) is 4.42 Å². The summed E-state index contributed by atoms with van der Waals surface area (Å²) in [6, 6.07) is 3.58. The van der Waals surface area contributed by atoms with Crippen LogP contribution in [0.4, 0.5) is 0 Å². The lowest BCUT2D eigenvalue weighted by Crippen LogP contribution is -2.47. The quantitative estimate of drug-likeness (QED) is 0.710. The zero-order valence-corrected chi connectivity index (χ0v) is 14.6. The van der Waals surface area contributed by atoms with Gasteiger partial charge in [-0.1, -0.05) is 11.8 Å². The molecule has 130 valence electrons. The molecule has 1 amide bonds. The second-order valence-corrected chi connectivity index (χ2v) is 9.06. The number of nitrogens with zero attached hydrogens (tertiary/aromatic N) is 4. The van der Waals surface area contributed by atoms with Crippen molar-refractivity contribution in [3.8, 4) is 0 Å². The van der Waals surface area contributed by atoms with Crippen LogP contribution < -0.4 is 5.32 Å². The summed E-state index contributed by atoms with van der Waals surface area (Å²) < 4.78 is 29.9. The molecule has 3 rings (SSSR count). The van der Waals surface area contributed by atoms with Gasteiger partial charge in [-0.3, -0.25) is 4.79 Å². The first-order valence-electron chi connectivity index (χ1n) is 7.28. The van der Waals surface area contributed by atoms with Crippen LogP contribution in [0.1, 0.15) is 19.1 Å². The van der Waals surface area contributed by atoms with Crippen molar-refractivity contribution < 1.29 is 17.6 Å². The topological polar surface area (TPSA) is 120 Å². The van der Waals surface area contributed by atoms with Crippen LogP contribution in [0.3, 0.4) is 0 Å². The molecule has 0 spiro atoms. The van der Waals surface area contributed by atoms with E-state index >= 15 is 0 Å². The van der Waals surface area contributed by atoms with Crippen LogP contribution in [0.2, 0.25) is 0 Å². The number of carbonyl (C=O) groups excluding carboxylic acids is 1. The number of furan rings is 1. The van der Waals surface area contributed by atoms with Gasteiger partial charge in [-0.2, -0.15) is 0 Å². The van der Waals surface area contributed by atoms with Crippen molar-refractivity contribution in [3.05, 3.63) is 24.2 Å². The van der Waals surface area contributed by atoms with Crippen molar-refractivity contribution in [2.24, 2.45) is 0 Å². The lowest BCUT2D eigenvalue weighted by atomic mass is 10.0. The van der Waals surface area contributed by atoms with Crippen LogP contribution in [-0.2, 0) is 21.2 Å². The molecule has 9 nitrogen and oxygen atoms in total. The van der Waals surface area contributed by atoms with Crippen LogP contribution >= 0.6 is 11.8 Å². The molecule has 0 radical (unpaired) electrons. The highest BCUT2D eigenvalue weighted by molar-refractivity contribution is 7.99. The van der Waals surface area contributed by atoms with Gasteiger partial charge in [-0.15, -0.1) is 5.10 Å². The Hall–Kier alpha value is -1.88. The summed E-state index contributed by atoms with van der Waals surface area (Å²) in [4.78, 5) is 12.1. The molecule has 2 aromatic rings. The van der Waals surface area contributed by atoms with Crippen LogP contribution in [0.5, 0.6) is 0 Å². The number of hydrogen-bond acceptors (Lipinski definition) is 8. The van der Waals surface area contributed by atoms with Crippen LogP contribution in [0.15, 0.2) is 28.0 Å². The lowest BCUT2D eigenvalue weighted by molar-refractivity contribution is -0.120. The second-order valence-electron chi connectivity index (χ2n) is 5.94. The van der Waals surface area contributed by atoms with Crippen LogP contribution in [-0.4, -0.2) is 57.3 Å². The molecule has 11 heteroatoms. The normalized spacial score (nSPS) is 22.5. The van der Waals surface area contributed by atoms with Crippen LogP contribution in [0.25, 0.3) is 0 Å². The summed E-state index contributed by atoms with van der Waals surface area (Å²) in [5.74, 6) is 0.656. The van der Waals surface area contributed by atoms with Gasteiger partial charge in [-0.05, 0) is 35.9 Å². The highest BCUT2D eigenvalue weighted by Crippen LogP contribution is 2.23. The minimum absolute atomic E-state index is 0.0212. The summed E-state index contributed by atoms with van der Waals surface area (Å²) in [6.45, 7) is 2.13. The van der Waals surface area contributed by atoms with Crippen molar-refractivity contribution in [1.82, 2.24) is 25.5 Å². The minimum Gasteiger partial charge on any atom is -0.467 e. The SMILES string of the molecule is CC1(NC(=O)CSc2nnnn2Cc2ccco2)CCS(=O)(=O)C1. The number of thioether (sulfide) groups is 1. The summed E-state index contributed by atoms with van der Waals surface area (Å²) in [6.07, 6.45) is 2.00. The summed E-state index contributed by atoms with van der Waals surface area (Å²) in [7, 11) is -3.06. The van der Waals surface area contributed by atoms with Crippen LogP contribution in [0, 0.1) is 0 Å². The number of sulfone groups is 1. The molecule has 0 aromatic carbocycles. The van der Waals surface area contributed by atoms with E-state index in [9.17, 15) is 13.2 Å². The number of nitrogens with one attached hydrogen (secondary N) is 1. The van der Waals surface area contributed by atoms with E-state index in [1.54, 1.807) is 23.9 Å². The largest absolute Gasteiger partial charge is 0.467 e. The maximum atomic E-state index is 12.1. The third kappa shape index (κ3) is 4.15. The highest BCUT2D eigenvalue weighted by atomic mass is 32.2. The minimum atomic E-state index is -3.06. The molecule has 0 saturated carbocycles. The van der Waals surface area contributed by atoms with Gasteiger partial charge in [0.25, 0.3) is 0 Å². The molecule has 0 aliphatic carbocycles. The first-order valence-corrected chi connectivity index (χ1v) is 10.1. The molecule has 3 heterocycles. The summed E-state index contributed by atoms with van der Waals surface area (Å²) in [5.41, 5.74) is -0.698. The van der Waals surface area contributed by atoms with Crippen molar-refractivity contribution in [2.45, 2.75) is 30.6 Å². The predicted molar refractivity (Wildman–Crippen MR) is 86.2 cm³/mol. The van der Waals surface area contributed by atoms with E-state index in [0.717, 1.165) is 0 Å². The lowest BCUT2D eigenvalue weighted by Gasteiger charge is -2.23. The Morgan fingerprint density at radius 2 is 2.38 bits per heavy atom. The number of tetrazole rings is 1. The third-order valence-electron chi connectivity index (χ3n) is 3.66. The first-order chi connectivity index (χ1) is 11.4. The highest BCUT2D eigenvalue weighted by Gasteiger charge is 2.39. The van der Waals surface area contributed by atoms with Gasteiger partial charge in [0.05, 0.1) is 29.1 Å². The molecule has 2 aromatic heterocycles. The number of carbonyl (C=O) groups is 1. The molecule has 1 unspecified atom stereocenters. The Morgan fingerprint density at radius 3 is 3.04 bits per heavy atom. The molecule has 1 aliphatic rings. The molecular weight excluding hydrogens is 354 g/mol. The third-order valence-corrected chi connectivity index (χ3v) is 6.52. The molecule has 1 saturated heterocycles. The van der Waals surface area contributed by atoms with E-state index in [-0.39, 0.29) is 23.2 Å². The number of amides is 1. The summed E-state index contributed by atoms with van der Waals surface area (Å²) >= 11 is 1.19. The fraction of sp³-hybridized carbons (Fsp3) is 0.538. The fourth-order valence-corrected chi connectivity index (χ4v) is 5.33. The van der Waals surface area contributed by atoms with Gasteiger partial charge in [0.2, 0.25) is 11.1 Å². The standard InChI is InChI=1S/C13H17N5O4S2/c1-13(4-6-24(20,21)9-13)14-11(19)8-23-12-15-16-17-18(12)7-10-3-2-5-22-10/h2-3,5H,4,6-9H2,1H3,(H,14,19). The second kappa shape index (κ2) is 6.55. The predicted octanol–water partition coefficient (Wildman–Crippen LogP) is 0.0999. The fourth-order valence-electron chi connectivity index (χ4n) is 2.56. The Morgan fingerprint density at radius 1 is 1.54 bits per heavy atom. The zero-order valence-electron chi connectivity index (χ0n) is 13.0. The average Bonchev–Trinajstić information content (AvgIpc) is 3.19. The smallest absolute Gasteiger partial charge is 0.230 e. The van der Waals surface area contributed by atoms with Gasteiger partial charge < -0.3 is 9.73 Å².